The van der Waals surface area contributed by atoms with Crippen molar-refractivity contribution in [3.8, 4) is 11.1 Å². The van der Waals surface area contributed by atoms with Crippen LogP contribution in [-0.2, 0) is 0 Å². The number of nitrogens with zero attached hydrogens (tertiary/aromatic N) is 1. The maximum Gasteiger partial charge on any atom is 0.136 e. The van der Waals surface area contributed by atoms with Crippen molar-refractivity contribution in [1.29, 1.82) is 0 Å². The van der Waals surface area contributed by atoms with E-state index in [0.717, 1.165) is 93.8 Å². The molecule has 0 bridgehead atoms. The lowest BCUT2D eigenvalue weighted by Gasteiger charge is -2.26. The third-order valence-corrected chi connectivity index (χ3v) is 10.1. The third-order valence-electron chi connectivity index (χ3n) is 10.1. The van der Waals surface area contributed by atoms with Gasteiger partial charge in [0, 0.05) is 49.4 Å². The molecule has 4 heteroatoms. The number of furan rings is 3. The van der Waals surface area contributed by atoms with Gasteiger partial charge in [0.25, 0.3) is 0 Å². The number of hydrogen-bond donors (Lipinski definition) is 0. The molecule has 0 saturated carbocycles. The summed E-state index contributed by atoms with van der Waals surface area (Å²) < 4.78 is 18.6. The van der Waals surface area contributed by atoms with Crippen molar-refractivity contribution < 1.29 is 13.3 Å². The van der Waals surface area contributed by atoms with Gasteiger partial charge in [0.05, 0.1) is 0 Å². The molecule has 0 N–H and O–H groups in total. The molecule has 8 aromatic carbocycles. The summed E-state index contributed by atoms with van der Waals surface area (Å²) in [4.78, 5) is 2.32. The molecule has 234 valence electrons. The summed E-state index contributed by atoms with van der Waals surface area (Å²) in [6, 6.07) is 57.4. The Kier molecular flexibility index (Phi) is 5.63. The molecule has 0 aliphatic rings. The van der Waals surface area contributed by atoms with Crippen LogP contribution < -0.4 is 4.90 Å². The quantitative estimate of drug-likeness (QED) is 0.192. The fourth-order valence-corrected chi connectivity index (χ4v) is 7.69. The average Bonchev–Trinajstić information content (AvgIpc) is 3.85. The van der Waals surface area contributed by atoms with E-state index in [4.69, 9.17) is 13.3 Å². The van der Waals surface area contributed by atoms with Crippen LogP contribution in [0, 0.1) is 0 Å². The first-order valence-corrected chi connectivity index (χ1v) is 16.8. The van der Waals surface area contributed by atoms with Gasteiger partial charge in [-0.2, -0.15) is 0 Å². The molecule has 11 aromatic rings. The van der Waals surface area contributed by atoms with Crippen molar-refractivity contribution >= 4 is 93.7 Å². The van der Waals surface area contributed by atoms with Crippen LogP contribution in [0.2, 0.25) is 0 Å². The molecule has 3 aromatic heterocycles. The van der Waals surface area contributed by atoms with Crippen molar-refractivity contribution in [1.82, 2.24) is 0 Å². The topological polar surface area (TPSA) is 42.7 Å². The van der Waals surface area contributed by atoms with E-state index in [-0.39, 0.29) is 0 Å². The molecule has 0 atom stereocenters. The highest BCUT2D eigenvalue weighted by Gasteiger charge is 2.18. The van der Waals surface area contributed by atoms with Gasteiger partial charge in [-0.25, -0.2) is 0 Å². The average molecular weight is 642 g/mol. The van der Waals surface area contributed by atoms with E-state index in [2.05, 4.69) is 132 Å². The minimum Gasteiger partial charge on any atom is -0.456 e. The first-order chi connectivity index (χ1) is 24.7. The third kappa shape index (κ3) is 4.06. The Bertz CT molecular complexity index is 2990. The second-order valence-corrected chi connectivity index (χ2v) is 12.9. The molecule has 3 heterocycles. The maximum absolute atomic E-state index is 6.21. The summed E-state index contributed by atoms with van der Waals surface area (Å²) in [5, 5.41) is 9.00. The van der Waals surface area contributed by atoms with Crippen molar-refractivity contribution in [2.45, 2.75) is 0 Å². The van der Waals surface area contributed by atoms with E-state index in [9.17, 15) is 0 Å². The summed E-state index contributed by atoms with van der Waals surface area (Å²) in [5.41, 5.74) is 10.8. The van der Waals surface area contributed by atoms with Crippen LogP contribution >= 0.6 is 0 Å². The SMILES string of the molecule is c1cc(-c2ccc(N(c3ccc4oc5ccccc5c4c3)c3ccc4oc5ccccc5c4c3)cc2)c2cc3c(cc2c1)oc1ccccc13. The Morgan fingerprint density at radius 2 is 0.780 bits per heavy atom. The summed E-state index contributed by atoms with van der Waals surface area (Å²) in [7, 11) is 0. The van der Waals surface area contributed by atoms with E-state index >= 15 is 0 Å². The molecular weight excluding hydrogens is 615 g/mol. The largest absolute Gasteiger partial charge is 0.456 e. The van der Waals surface area contributed by atoms with Gasteiger partial charge in [-0.05, 0) is 101 Å². The van der Waals surface area contributed by atoms with Gasteiger partial charge in [0.15, 0.2) is 0 Å². The molecule has 0 saturated heterocycles. The Balaban J connectivity index is 1.08. The first-order valence-electron chi connectivity index (χ1n) is 16.8. The highest BCUT2D eigenvalue weighted by atomic mass is 16.3. The zero-order valence-corrected chi connectivity index (χ0v) is 26.8. The van der Waals surface area contributed by atoms with Gasteiger partial charge in [-0.3, -0.25) is 0 Å². The monoisotopic (exact) mass is 641 g/mol. The number of para-hydroxylation sites is 3. The smallest absolute Gasteiger partial charge is 0.136 e. The number of fused-ring (bicyclic) bond motifs is 10. The summed E-state index contributed by atoms with van der Waals surface area (Å²) in [5.74, 6) is 0. The van der Waals surface area contributed by atoms with E-state index in [1.54, 1.807) is 0 Å². The number of anilines is 3. The normalized spacial score (nSPS) is 12.0. The molecule has 0 aliphatic carbocycles. The Hall–Kier alpha value is -6.78. The minimum atomic E-state index is 0.872. The van der Waals surface area contributed by atoms with E-state index in [1.165, 1.54) is 10.9 Å². The Labute approximate surface area is 286 Å². The molecule has 0 aliphatic heterocycles. The molecule has 50 heavy (non-hydrogen) atoms. The lowest BCUT2D eigenvalue weighted by molar-refractivity contribution is 0.668. The van der Waals surface area contributed by atoms with Gasteiger partial charge in [0.2, 0.25) is 0 Å². The number of rotatable bonds is 4. The number of hydrogen-bond acceptors (Lipinski definition) is 4. The predicted octanol–water partition coefficient (Wildman–Crippen LogP) is 13.7. The van der Waals surface area contributed by atoms with Crippen molar-refractivity contribution in [3.63, 3.8) is 0 Å². The van der Waals surface area contributed by atoms with Gasteiger partial charge in [-0.15, -0.1) is 0 Å². The molecule has 0 unspecified atom stereocenters. The zero-order chi connectivity index (χ0) is 32.8. The van der Waals surface area contributed by atoms with Crippen LogP contribution in [0.25, 0.3) is 87.7 Å². The van der Waals surface area contributed by atoms with E-state index in [0.29, 0.717) is 0 Å². The van der Waals surface area contributed by atoms with Crippen LogP contribution in [0.3, 0.4) is 0 Å². The molecule has 0 radical (unpaired) electrons. The summed E-state index contributed by atoms with van der Waals surface area (Å²) in [6.45, 7) is 0. The molecule has 11 rings (SSSR count). The summed E-state index contributed by atoms with van der Waals surface area (Å²) in [6.07, 6.45) is 0. The summed E-state index contributed by atoms with van der Waals surface area (Å²) >= 11 is 0. The van der Waals surface area contributed by atoms with Gasteiger partial charge < -0.3 is 18.2 Å². The fraction of sp³-hybridized carbons (Fsp3) is 0. The van der Waals surface area contributed by atoms with Crippen LogP contribution in [0.5, 0.6) is 0 Å². The lowest BCUT2D eigenvalue weighted by Crippen LogP contribution is -2.09. The van der Waals surface area contributed by atoms with Gasteiger partial charge >= 0.3 is 0 Å². The van der Waals surface area contributed by atoms with Gasteiger partial charge in [0.1, 0.15) is 33.5 Å². The van der Waals surface area contributed by atoms with Crippen molar-refractivity contribution in [2.24, 2.45) is 0 Å². The molecular formula is C46H27NO3. The van der Waals surface area contributed by atoms with Crippen LogP contribution in [-0.4, -0.2) is 0 Å². The second-order valence-electron chi connectivity index (χ2n) is 12.9. The maximum atomic E-state index is 6.21. The van der Waals surface area contributed by atoms with Gasteiger partial charge in [-0.1, -0.05) is 84.9 Å². The predicted molar refractivity (Wildman–Crippen MR) is 206 cm³/mol. The van der Waals surface area contributed by atoms with E-state index < -0.39 is 0 Å². The highest BCUT2D eigenvalue weighted by Crippen LogP contribution is 2.42. The highest BCUT2D eigenvalue weighted by molar-refractivity contribution is 6.13. The molecule has 0 fully saturated rings. The van der Waals surface area contributed by atoms with Crippen LogP contribution in [0.4, 0.5) is 17.1 Å². The van der Waals surface area contributed by atoms with Crippen molar-refractivity contribution in [3.05, 3.63) is 164 Å². The van der Waals surface area contributed by atoms with Crippen LogP contribution in [0.15, 0.2) is 177 Å². The van der Waals surface area contributed by atoms with Crippen LogP contribution in [0.1, 0.15) is 0 Å². The standard InChI is InChI=1S/C46H27NO3/c1-4-13-41-34(9-1)38-25-31(20-22-44(38)48-41)47(32-21-23-45-39(26-32)35-10-2-5-14-42(35)49-45)30-18-16-28(17-19-30)33-12-7-8-29-24-46-40(27-37(29)33)36-11-3-6-15-43(36)50-46/h1-27H. The molecule has 0 spiro atoms. The second kappa shape index (κ2) is 10.4. The Morgan fingerprint density at radius 3 is 1.36 bits per heavy atom. The number of benzene rings is 8. The fourth-order valence-electron chi connectivity index (χ4n) is 7.69. The first kappa shape index (κ1) is 27.2. The molecule has 0 amide bonds. The van der Waals surface area contributed by atoms with E-state index in [1.807, 2.05) is 36.4 Å². The Morgan fingerprint density at radius 1 is 0.300 bits per heavy atom. The van der Waals surface area contributed by atoms with Crippen molar-refractivity contribution in [2.75, 3.05) is 4.90 Å². The minimum absolute atomic E-state index is 0.872. The molecule has 4 nitrogen and oxygen atoms in total. The zero-order valence-electron chi connectivity index (χ0n) is 26.8. The lowest BCUT2D eigenvalue weighted by atomic mass is 9.96.